The number of aliphatic hydroxyl groups excluding tert-OH is 1. The Kier molecular flexibility index (Phi) is 6.90. The van der Waals surface area contributed by atoms with Gasteiger partial charge in [-0.25, -0.2) is 4.79 Å². The normalized spacial score (nSPS) is 25.8. The third-order valence-electron chi connectivity index (χ3n) is 7.05. The lowest BCUT2D eigenvalue weighted by atomic mass is 9.84. The number of piperazine rings is 1. The number of para-hydroxylation sites is 1. The fourth-order valence-corrected chi connectivity index (χ4v) is 5.16. The summed E-state index contributed by atoms with van der Waals surface area (Å²) in [5.74, 6) is 0.785. The minimum atomic E-state index is -0.510. The van der Waals surface area contributed by atoms with E-state index in [2.05, 4.69) is 22.6 Å². The lowest BCUT2D eigenvalue weighted by molar-refractivity contribution is -0.150. The summed E-state index contributed by atoms with van der Waals surface area (Å²) >= 11 is 0. The average Bonchev–Trinajstić information content (AvgIpc) is 3.22. The highest BCUT2D eigenvalue weighted by Gasteiger charge is 2.46. The first kappa shape index (κ1) is 23.6. The summed E-state index contributed by atoms with van der Waals surface area (Å²) in [5.41, 5.74) is 2.32. The van der Waals surface area contributed by atoms with Crippen LogP contribution in [0.25, 0.3) is 0 Å². The van der Waals surface area contributed by atoms with Gasteiger partial charge in [0.05, 0.1) is 19.1 Å². The van der Waals surface area contributed by atoms with Gasteiger partial charge in [-0.2, -0.15) is 0 Å². The highest BCUT2D eigenvalue weighted by Crippen LogP contribution is 2.47. The van der Waals surface area contributed by atoms with Crippen molar-refractivity contribution in [1.29, 1.82) is 0 Å². The first-order valence-corrected chi connectivity index (χ1v) is 12.2. The number of amides is 3. The molecule has 9 heteroatoms. The maximum Gasteiger partial charge on any atom is 0.323 e. The number of urea groups is 1. The number of fused-ring (bicyclic) bond motifs is 3. The first-order chi connectivity index (χ1) is 17.0. The molecule has 186 valence electrons. The molecular formula is C26H32N4O5. The number of carbonyl (C=O) groups is 2. The Morgan fingerprint density at radius 3 is 2.51 bits per heavy atom. The monoisotopic (exact) mass is 480 g/mol. The molecule has 0 spiro atoms. The van der Waals surface area contributed by atoms with E-state index in [0.717, 1.165) is 37.5 Å². The summed E-state index contributed by atoms with van der Waals surface area (Å²) in [4.78, 5) is 29.5. The molecule has 5 rings (SSSR count). The van der Waals surface area contributed by atoms with Crippen molar-refractivity contribution in [2.24, 2.45) is 0 Å². The molecule has 2 aromatic rings. The van der Waals surface area contributed by atoms with Gasteiger partial charge in [0, 0.05) is 49.0 Å². The Morgan fingerprint density at radius 2 is 1.77 bits per heavy atom. The van der Waals surface area contributed by atoms with Crippen LogP contribution in [0.3, 0.4) is 0 Å². The Labute approximate surface area is 205 Å². The molecule has 0 aliphatic carbocycles. The van der Waals surface area contributed by atoms with E-state index in [0.29, 0.717) is 17.8 Å². The van der Waals surface area contributed by atoms with E-state index in [4.69, 9.17) is 9.47 Å². The van der Waals surface area contributed by atoms with Crippen molar-refractivity contribution < 1.29 is 24.2 Å². The van der Waals surface area contributed by atoms with E-state index in [-0.39, 0.29) is 43.1 Å². The molecule has 3 N–H and O–H groups in total. The third kappa shape index (κ3) is 5.27. The van der Waals surface area contributed by atoms with Crippen molar-refractivity contribution in [1.82, 2.24) is 9.80 Å². The third-order valence-corrected chi connectivity index (χ3v) is 7.05. The fourth-order valence-electron chi connectivity index (χ4n) is 5.16. The van der Waals surface area contributed by atoms with Gasteiger partial charge >= 0.3 is 6.03 Å². The van der Waals surface area contributed by atoms with E-state index >= 15 is 0 Å². The molecule has 2 fully saturated rings. The van der Waals surface area contributed by atoms with Crippen molar-refractivity contribution in [3.05, 3.63) is 54.1 Å². The summed E-state index contributed by atoms with van der Waals surface area (Å²) in [7, 11) is 2.06. The zero-order chi connectivity index (χ0) is 24.4. The van der Waals surface area contributed by atoms with Crippen LogP contribution in [0, 0.1) is 0 Å². The molecule has 0 radical (unpaired) electrons. The van der Waals surface area contributed by atoms with Gasteiger partial charge in [-0.1, -0.05) is 18.2 Å². The van der Waals surface area contributed by atoms with Gasteiger partial charge in [0.2, 0.25) is 5.91 Å². The van der Waals surface area contributed by atoms with Gasteiger partial charge in [0.25, 0.3) is 0 Å². The molecule has 0 bridgehead atoms. The van der Waals surface area contributed by atoms with Crippen molar-refractivity contribution in [2.75, 3.05) is 50.5 Å². The van der Waals surface area contributed by atoms with Crippen LogP contribution in [-0.4, -0.2) is 85.0 Å². The van der Waals surface area contributed by atoms with Crippen LogP contribution in [0.5, 0.6) is 5.75 Å². The number of benzene rings is 2. The molecule has 9 nitrogen and oxygen atoms in total. The van der Waals surface area contributed by atoms with Crippen LogP contribution in [0.1, 0.15) is 24.3 Å². The van der Waals surface area contributed by atoms with Crippen LogP contribution < -0.4 is 15.4 Å². The van der Waals surface area contributed by atoms with Gasteiger partial charge in [-0.15, -0.1) is 0 Å². The number of nitrogens with one attached hydrogen (secondary N) is 2. The average molecular weight is 481 g/mol. The Hall–Kier alpha value is -3.14. The number of carbonyl (C=O) groups excluding carboxylic acids is 2. The molecule has 4 atom stereocenters. The molecule has 3 heterocycles. The largest absolute Gasteiger partial charge is 0.487 e. The van der Waals surface area contributed by atoms with Gasteiger partial charge in [-0.3, -0.25) is 4.79 Å². The Balaban J connectivity index is 1.26. The van der Waals surface area contributed by atoms with E-state index < -0.39 is 6.10 Å². The second-order valence-electron chi connectivity index (χ2n) is 9.49. The number of nitrogens with zero attached hydrogens (tertiary/aromatic N) is 2. The minimum Gasteiger partial charge on any atom is -0.487 e. The zero-order valence-corrected chi connectivity index (χ0v) is 19.9. The van der Waals surface area contributed by atoms with Crippen LogP contribution in [0.2, 0.25) is 0 Å². The number of rotatable bonds is 5. The Bertz CT molecular complexity index is 1060. The molecule has 0 saturated carbocycles. The standard InChI is InChI=1S/C26H32N4O5/c1-29-9-11-30(12-10-29)24(32)15-19-14-21-20-13-18(28-26(33)27-17-5-3-2-4-6-17)7-8-22(20)35-25(21)23(16-31)34-19/h2-8,13,19,21,23,25,31H,9-12,14-16H2,1H3,(H2,27,28,33)/t19-,21-,23+,25+/m1/s1. The summed E-state index contributed by atoms with van der Waals surface area (Å²) in [6, 6.07) is 14.5. The molecule has 2 aromatic carbocycles. The molecule has 3 aliphatic heterocycles. The van der Waals surface area contributed by atoms with Crippen LogP contribution >= 0.6 is 0 Å². The topological polar surface area (TPSA) is 103 Å². The number of likely N-dealkylation sites (N-methyl/N-ethyl adjacent to an activating group) is 1. The zero-order valence-electron chi connectivity index (χ0n) is 19.9. The number of aliphatic hydroxyl groups is 1. The molecule has 2 saturated heterocycles. The van der Waals surface area contributed by atoms with E-state index in [1.54, 1.807) is 6.07 Å². The summed E-state index contributed by atoms with van der Waals surface area (Å²) in [6.45, 7) is 3.01. The molecule has 35 heavy (non-hydrogen) atoms. The second kappa shape index (κ2) is 10.2. The van der Waals surface area contributed by atoms with Crippen LogP contribution in [-0.2, 0) is 9.53 Å². The molecule has 0 aromatic heterocycles. The van der Waals surface area contributed by atoms with Crippen LogP contribution in [0.15, 0.2) is 48.5 Å². The van der Waals surface area contributed by atoms with E-state index in [9.17, 15) is 14.7 Å². The Morgan fingerprint density at radius 1 is 1.03 bits per heavy atom. The lowest BCUT2D eigenvalue weighted by Gasteiger charge is -2.38. The molecular weight excluding hydrogens is 448 g/mol. The van der Waals surface area contributed by atoms with Gasteiger partial charge in [0.1, 0.15) is 18.0 Å². The molecule has 0 unspecified atom stereocenters. The quantitative estimate of drug-likeness (QED) is 0.608. The van der Waals surface area contributed by atoms with Crippen molar-refractivity contribution >= 4 is 23.3 Å². The van der Waals surface area contributed by atoms with Crippen molar-refractivity contribution in [3.8, 4) is 5.75 Å². The predicted octanol–water partition coefficient (Wildman–Crippen LogP) is 2.49. The smallest absolute Gasteiger partial charge is 0.323 e. The fraction of sp³-hybridized carbons (Fsp3) is 0.462. The minimum absolute atomic E-state index is 0.0277. The van der Waals surface area contributed by atoms with E-state index in [1.807, 2.05) is 47.4 Å². The summed E-state index contributed by atoms with van der Waals surface area (Å²) in [6.07, 6.45) is -0.223. The van der Waals surface area contributed by atoms with E-state index in [1.165, 1.54) is 0 Å². The SMILES string of the molecule is CN1CCN(C(=O)C[C@H]2C[C@@H]3c4cc(NC(=O)Nc5ccccc5)ccc4O[C@@H]3[C@H](CO)O2)CC1. The maximum absolute atomic E-state index is 12.9. The van der Waals surface area contributed by atoms with Crippen molar-refractivity contribution in [2.45, 2.75) is 37.1 Å². The van der Waals surface area contributed by atoms with Crippen LogP contribution in [0.4, 0.5) is 16.2 Å². The maximum atomic E-state index is 12.9. The molecule has 3 aliphatic rings. The highest BCUT2D eigenvalue weighted by molar-refractivity contribution is 5.99. The first-order valence-electron chi connectivity index (χ1n) is 12.2. The number of hydrogen-bond acceptors (Lipinski definition) is 6. The van der Waals surface area contributed by atoms with Gasteiger partial charge in [0.15, 0.2) is 0 Å². The van der Waals surface area contributed by atoms with Gasteiger partial charge in [-0.05, 0) is 43.8 Å². The summed E-state index contributed by atoms with van der Waals surface area (Å²) in [5, 5.41) is 15.7. The predicted molar refractivity (Wildman–Crippen MR) is 132 cm³/mol. The van der Waals surface area contributed by atoms with Crippen molar-refractivity contribution in [3.63, 3.8) is 0 Å². The second-order valence-corrected chi connectivity index (χ2v) is 9.49. The number of anilines is 2. The summed E-state index contributed by atoms with van der Waals surface area (Å²) < 4.78 is 12.2. The highest BCUT2D eigenvalue weighted by atomic mass is 16.6. The lowest BCUT2D eigenvalue weighted by Crippen LogP contribution is -2.50. The molecule has 3 amide bonds. The van der Waals surface area contributed by atoms with Gasteiger partial charge < -0.3 is 35.0 Å². The number of ether oxygens (including phenoxy) is 2. The number of hydrogen-bond donors (Lipinski definition) is 3.